The Morgan fingerprint density at radius 2 is 2.31 bits per heavy atom. The minimum atomic E-state index is -0.500. The summed E-state index contributed by atoms with van der Waals surface area (Å²) in [6, 6.07) is 4.24. The highest BCUT2D eigenvalue weighted by Crippen LogP contribution is 2.25. The van der Waals surface area contributed by atoms with Crippen LogP contribution in [0.15, 0.2) is 18.2 Å². The van der Waals surface area contributed by atoms with E-state index in [1.807, 2.05) is 0 Å². The number of amides is 1. The predicted octanol–water partition coefficient (Wildman–Crippen LogP) is 1.80. The lowest BCUT2D eigenvalue weighted by Crippen LogP contribution is -2.36. The summed E-state index contributed by atoms with van der Waals surface area (Å²) in [6.07, 6.45) is 0.736. The number of nitrogens with one attached hydrogen (secondary N) is 1. The molecule has 0 saturated carbocycles. The van der Waals surface area contributed by atoms with E-state index in [1.165, 1.54) is 12.1 Å². The molecule has 2 rings (SSSR count). The van der Waals surface area contributed by atoms with Crippen molar-refractivity contribution in [1.82, 2.24) is 5.32 Å². The van der Waals surface area contributed by atoms with Gasteiger partial charge in [0.2, 0.25) is 5.91 Å². The fraction of sp³-hybridized carbons (Fsp3) is 0.364. The molecule has 3 nitrogen and oxygen atoms in total. The zero-order valence-electron chi connectivity index (χ0n) is 8.84. The smallest absolute Gasteiger partial charge is 0.244 e. The molecule has 1 heterocycles. The molecule has 0 spiro atoms. The molecule has 1 aromatic carbocycles. The largest absolute Gasteiger partial charge is 0.311 e. The normalized spacial score (nSPS) is 20.6. The Morgan fingerprint density at radius 3 is 2.88 bits per heavy atom. The van der Waals surface area contributed by atoms with Crippen molar-refractivity contribution in [2.75, 3.05) is 18.5 Å². The first-order valence-electron chi connectivity index (χ1n) is 5.07. The van der Waals surface area contributed by atoms with Gasteiger partial charge >= 0.3 is 0 Å². The number of anilines is 1. The van der Waals surface area contributed by atoms with E-state index >= 15 is 0 Å². The highest BCUT2D eigenvalue weighted by atomic mass is 35.5. The fourth-order valence-corrected chi connectivity index (χ4v) is 1.97. The summed E-state index contributed by atoms with van der Waals surface area (Å²) < 4.78 is 13.3. The number of rotatable bonds is 2. The first kappa shape index (κ1) is 11.4. The Balaban J connectivity index is 2.25. The molecule has 1 aliphatic rings. The van der Waals surface area contributed by atoms with Crippen LogP contribution >= 0.6 is 11.6 Å². The quantitative estimate of drug-likeness (QED) is 0.858. The Morgan fingerprint density at radius 1 is 1.56 bits per heavy atom. The molecule has 0 bridgehead atoms. The van der Waals surface area contributed by atoms with Crippen LogP contribution in [0.3, 0.4) is 0 Å². The van der Waals surface area contributed by atoms with Gasteiger partial charge in [-0.3, -0.25) is 4.79 Å². The van der Waals surface area contributed by atoms with Gasteiger partial charge in [0, 0.05) is 12.2 Å². The van der Waals surface area contributed by atoms with Crippen molar-refractivity contribution in [3.63, 3.8) is 0 Å². The third kappa shape index (κ3) is 1.90. The third-order valence-electron chi connectivity index (χ3n) is 2.77. The topological polar surface area (TPSA) is 32.3 Å². The molecule has 1 saturated heterocycles. The monoisotopic (exact) mass is 242 g/mol. The number of carbonyl (C=O) groups excluding carboxylic acids is 1. The number of hydrogen-bond acceptors (Lipinski definition) is 2. The van der Waals surface area contributed by atoms with E-state index in [4.69, 9.17) is 11.6 Å². The van der Waals surface area contributed by atoms with Crippen LogP contribution in [0.5, 0.6) is 0 Å². The van der Waals surface area contributed by atoms with Crippen molar-refractivity contribution in [2.24, 2.45) is 0 Å². The van der Waals surface area contributed by atoms with Gasteiger partial charge in [-0.1, -0.05) is 11.6 Å². The number of halogens is 2. The lowest BCUT2D eigenvalue weighted by molar-refractivity contribution is -0.118. The van der Waals surface area contributed by atoms with E-state index in [9.17, 15) is 9.18 Å². The Hall–Kier alpha value is -1.13. The maximum atomic E-state index is 13.3. The fourth-order valence-electron chi connectivity index (χ4n) is 1.86. The van der Waals surface area contributed by atoms with E-state index in [2.05, 4.69) is 5.32 Å². The van der Waals surface area contributed by atoms with Gasteiger partial charge in [0.05, 0.1) is 11.1 Å². The summed E-state index contributed by atoms with van der Waals surface area (Å²) in [7, 11) is 1.74. The second kappa shape index (κ2) is 4.39. The average Bonchev–Trinajstić information content (AvgIpc) is 2.64. The molecule has 16 heavy (non-hydrogen) atoms. The summed E-state index contributed by atoms with van der Waals surface area (Å²) >= 11 is 5.59. The van der Waals surface area contributed by atoms with Gasteiger partial charge in [-0.15, -0.1) is 0 Å². The van der Waals surface area contributed by atoms with Gasteiger partial charge in [0.25, 0.3) is 0 Å². The molecule has 1 amide bonds. The molecule has 1 fully saturated rings. The van der Waals surface area contributed by atoms with Crippen LogP contribution in [-0.4, -0.2) is 25.5 Å². The van der Waals surface area contributed by atoms with Crippen molar-refractivity contribution in [2.45, 2.75) is 12.5 Å². The van der Waals surface area contributed by atoms with Crippen molar-refractivity contribution in [1.29, 1.82) is 0 Å². The van der Waals surface area contributed by atoms with Crippen molar-refractivity contribution in [3.05, 3.63) is 29.0 Å². The van der Waals surface area contributed by atoms with Crippen LogP contribution in [0.25, 0.3) is 0 Å². The molecule has 1 aliphatic heterocycles. The van der Waals surface area contributed by atoms with Crippen molar-refractivity contribution >= 4 is 23.2 Å². The van der Waals surface area contributed by atoms with E-state index < -0.39 is 5.82 Å². The molecule has 86 valence electrons. The first-order valence-corrected chi connectivity index (χ1v) is 5.45. The average molecular weight is 243 g/mol. The van der Waals surface area contributed by atoms with Crippen LogP contribution in [0.1, 0.15) is 6.42 Å². The lowest BCUT2D eigenvalue weighted by atomic mass is 10.2. The van der Waals surface area contributed by atoms with E-state index in [-0.39, 0.29) is 17.0 Å². The summed E-state index contributed by atoms with van der Waals surface area (Å²) in [5.74, 6) is -0.524. The Kier molecular flexibility index (Phi) is 3.12. The third-order valence-corrected chi connectivity index (χ3v) is 3.08. The number of nitrogens with zero attached hydrogens (tertiary/aromatic N) is 1. The maximum Gasteiger partial charge on any atom is 0.244 e. The summed E-state index contributed by atoms with van der Waals surface area (Å²) in [4.78, 5) is 13.4. The Labute approximate surface area is 98.2 Å². The molecular formula is C11H12ClFN2O. The molecule has 1 unspecified atom stereocenters. The minimum Gasteiger partial charge on any atom is -0.311 e. The van der Waals surface area contributed by atoms with Crippen LogP contribution in [-0.2, 0) is 4.79 Å². The standard InChI is InChI=1S/C11H12ClFN2O/c1-14-10-4-5-15(11(10)16)7-2-3-8(12)9(13)6-7/h2-3,6,10,14H,4-5H2,1H3. The van der Waals surface area contributed by atoms with E-state index in [1.54, 1.807) is 18.0 Å². The van der Waals surface area contributed by atoms with Gasteiger partial charge in [0.1, 0.15) is 5.82 Å². The van der Waals surface area contributed by atoms with Gasteiger partial charge in [0.15, 0.2) is 0 Å². The number of likely N-dealkylation sites (N-methyl/N-ethyl adjacent to an activating group) is 1. The minimum absolute atomic E-state index is 0.0239. The van der Waals surface area contributed by atoms with Crippen LogP contribution in [0, 0.1) is 5.82 Å². The SMILES string of the molecule is CNC1CCN(c2ccc(Cl)c(F)c2)C1=O. The molecule has 1 aromatic rings. The molecule has 0 aliphatic carbocycles. The number of benzene rings is 1. The van der Waals surface area contributed by atoms with Crippen molar-refractivity contribution in [3.8, 4) is 0 Å². The van der Waals surface area contributed by atoms with Crippen LogP contribution in [0.4, 0.5) is 10.1 Å². The number of carbonyl (C=O) groups is 1. The molecule has 5 heteroatoms. The van der Waals surface area contributed by atoms with Crippen molar-refractivity contribution < 1.29 is 9.18 Å². The highest BCUT2D eigenvalue weighted by molar-refractivity contribution is 6.30. The molecule has 1 atom stereocenters. The van der Waals surface area contributed by atoms with Gasteiger partial charge in [-0.05, 0) is 31.7 Å². The van der Waals surface area contributed by atoms with Gasteiger partial charge in [-0.2, -0.15) is 0 Å². The first-order chi connectivity index (χ1) is 7.63. The summed E-state index contributed by atoms with van der Waals surface area (Å²) in [5, 5.41) is 3.00. The second-order valence-corrected chi connectivity index (χ2v) is 4.13. The van der Waals surface area contributed by atoms with Gasteiger partial charge < -0.3 is 10.2 Å². The highest BCUT2D eigenvalue weighted by Gasteiger charge is 2.31. The van der Waals surface area contributed by atoms with Gasteiger partial charge in [-0.25, -0.2) is 4.39 Å². The number of hydrogen-bond donors (Lipinski definition) is 1. The van der Waals surface area contributed by atoms with E-state index in [0.717, 1.165) is 6.42 Å². The molecule has 1 N–H and O–H groups in total. The second-order valence-electron chi connectivity index (χ2n) is 3.72. The van der Waals surface area contributed by atoms with Crippen LogP contribution < -0.4 is 10.2 Å². The zero-order valence-corrected chi connectivity index (χ0v) is 9.59. The summed E-state index contributed by atoms with van der Waals surface area (Å²) in [6.45, 7) is 0.603. The maximum absolute atomic E-state index is 13.3. The Bertz CT molecular complexity index is 424. The van der Waals surface area contributed by atoms with Crippen LogP contribution in [0.2, 0.25) is 5.02 Å². The lowest BCUT2D eigenvalue weighted by Gasteiger charge is -2.16. The molecule has 0 aromatic heterocycles. The summed E-state index contributed by atoms with van der Waals surface area (Å²) in [5.41, 5.74) is 0.560. The zero-order chi connectivity index (χ0) is 11.7. The molecule has 0 radical (unpaired) electrons. The molecular weight excluding hydrogens is 231 g/mol. The predicted molar refractivity (Wildman–Crippen MR) is 61.2 cm³/mol. The van der Waals surface area contributed by atoms with E-state index in [0.29, 0.717) is 12.2 Å².